The molecule has 0 aliphatic rings. The van der Waals surface area contributed by atoms with Crippen LogP contribution in [0.4, 0.5) is 0 Å². The number of likely N-dealkylation sites (N-methyl/N-ethyl adjacent to an activating group) is 1. The topological polar surface area (TPSA) is 58.6 Å². The Kier molecular flexibility index (Phi) is 7.04. The lowest BCUT2D eigenvalue weighted by Crippen LogP contribution is -2.36. The van der Waals surface area contributed by atoms with Crippen molar-refractivity contribution < 1.29 is 14.3 Å². The van der Waals surface area contributed by atoms with Crippen LogP contribution in [0.15, 0.2) is 24.3 Å². The van der Waals surface area contributed by atoms with Crippen molar-refractivity contribution in [1.82, 2.24) is 10.2 Å². The van der Waals surface area contributed by atoms with Gasteiger partial charge in [0.15, 0.2) is 0 Å². The Morgan fingerprint density at radius 3 is 2.70 bits per heavy atom. The molecule has 1 aromatic carbocycles. The van der Waals surface area contributed by atoms with Crippen molar-refractivity contribution >= 4 is 23.5 Å². The Labute approximate surface area is 123 Å². The minimum atomic E-state index is -0.338. The van der Waals surface area contributed by atoms with E-state index in [2.05, 4.69) is 10.1 Å². The van der Waals surface area contributed by atoms with Crippen molar-refractivity contribution in [3.63, 3.8) is 0 Å². The number of esters is 1. The fraction of sp³-hybridized carbons (Fsp3) is 0.429. The normalized spacial score (nSPS) is 10.4. The molecule has 0 atom stereocenters. The Bertz CT molecular complexity index is 465. The lowest BCUT2D eigenvalue weighted by atomic mass is 10.2. The van der Waals surface area contributed by atoms with Gasteiger partial charge in [-0.1, -0.05) is 29.8 Å². The number of methoxy groups -OCH3 is 1. The molecule has 6 heteroatoms. The monoisotopic (exact) mass is 298 g/mol. The van der Waals surface area contributed by atoms with Gasteiger partial charge in [-0.2, -0.15) is 0 Å². The van der Waals surface area contributed by atoms with E-state index in [-0.39, 0.29) is 31.4 Å². The van der Waals surface area contributed by atoms with Crippen LogP contribution in [0.5, 0.6) is 0 Å². The summed E-state index contributed by atoms with van der Waals surface area (Å²) in [5.41, 5.74) is 0.971. The number of carbonyl (C=O) groups is 2. The summed E-state index contributed by atoms with van der Waals surface area (Å²) in [6, 6.07) is 7.52. The van der Waals surface area contributed by atoms with Gasteiger partial charge in [-0.15, -0.1) is 0 Å². The molecule has 0 saturated heterocycles. The minimum absolute atomic E-state index is 0.136. The second-order valence-corrected chi connectivity index (χ2v) is 4.85. The number of benzene rings is 1. The van der Waals surface area contributed by atoms with Crippen molar-refractivity contribution in [2.75, 3.05) is 27.2 Å². The molecule has 0 aromatic heterocycles. The van der Waals surface area contributed by atoms with Crippen LogP contribution in [-0.2, 0) is 20.9 Å². The van der Waals surface area contributed by atoms with E-state index < -0.39 is 0 Å². The lowest BCUT2D eigenvalue weighted by Gasteiger charge is -2.17. The summed E-state index contributed by atoms with van der Waals surface area (Å²) in [7, 11) is 3.16. The van der Waals surface area contributed by atoms with Gasteiger partial charge in [-0.25, -0.2) is 0 Å². The van der Waals surface area contributed by atoms with Gasteiger partial charge in [-0.05, 0) is 18.7 Å². The molecule has 20 heavy (non-hydrogen) atoms. The zero-order valence-electron chi connectivity index (χ0n) is 11.7. The van der Waals surface area contributed by atoms with Gasteiger partial charge in [0, 0.05) is 18.1 Å². The fourth-order valence-electron chi connectivity index (χ4n) is 1.68. The van der Waals surface area contributed by atoms with Gasteiger partial charge in [0.25, 0.3) is 0 Å². The molecular formula is C14H19ClN2O3. The molecule has 0 aliphatic heterocycles. The zero-order chi connectivity index (χ0) is 15.0. The molecule has 0 spiro atoms. The first-order valence-electron chi connectivity index (χ1n) is 6.28. The highest BCUT2D eigenvalue weighted by molar-refractivity contribution is 6.31. The van der Waals surface area contributed by atoms with E-state index >= 15 is 0 Å². The number of rotatable bonds is 7. The standard InChI is InChI=1S/C14H19ClN2O3/c1-17(9-11-5-3-4-6-12(11)15)10-13(18)16-8-7-14(19)20-2/h3-6H,7-10H2,1-2H3,(H,16,18). The van der Waals surface area contributed by atoms with Gasteiger partial charge in [-0.3, -0.25) is 14.5 Å². The SMILES string of the molecule is COC(=O)CCNC(=O)CN(C)Cc1ccccc1Cl. The van der Waals surface area contributed by atoms with Crippen LogP contribution in [0, 0.1) is 0 Å². The molecule has 1 N–H and O–H groups in total. The Hall–Kier alpha value is -1.59. The molecule has 0 heterocycles. The highest BCUT2D eigenvalue weighted by Crippen LogP contribution is 2.16. The maximum Gasteiger partial charge on any atom is 0.307 e. The summed E-state index contributed by atoms with van der Waals surface area (Å²) in [5.74, 6) is -0.474. The van der Waals surface area contributed by atoms with E-state index in [1.165, 1.54) is 7.11 Å². The number of carbonyl (C=O) groups excluding carboxylic acids is 2. The third-order valence-corrected chi connectivity index (χ3v) is 3.06. The average Bonchev–Trinajstić information content (AvgIpc) is 2.41. The number of nitrogens with one attached hydrogen (secondary N) is 1. The highest BCUT2D eigenvalue weighted by Gasteiger charge is 2.09. The summed E-state index contributed by atoms with van der Waals surface area (Å²) in [6.45, 7) is 1.11. The number of hydrogen-bond donors (Lipinski definition) is 1. The summed E-state index contributed by atoms with van der Waals surface area (Å²) in [6.07, 6.45) is 0.177. The first-order chi connectivity index (χ1) is 9.52. The van der Waals surface area contributed by atoms with Crippen LogP contribution in [0.3, 0.4) is 0 Å². The minimum Gasteiger partial charge on any atom is -0.469 e. The summed E-state index contributed by atoms with van der Waals surface area (Å²) < 4.78 is 4.49. The van der Waals surface area contributed by atoms with E-state index in [0.717, 1.165) is 5.56 Å². The van der Waals surface area contributed by atoms with E-state index in [1.807, 2.05) is 36.2 Å². The van der Waals surface area contributed by atoms with E-state index in [9.17, 15) is 9.59 Å². The highest BCUT2D eigenvalue weighted by atomic mass is 35.5. The van der Waals surface area contributed by atoms with Crippen LogP contribution >= 0.6 is 11.6 Å². The van der Waals surface area contributed by atoms with Crippen molar-refractivity contribution in [2.24, 2.45) is 0 Å². The van der Waals surface area contributed by atoms with Crippen molar-refractivity contribution in [3.8, 4) is 0 Å². The van der Waals surface area contributed by atoms with Crippen LogP contribution in [-0.4, -0.2) is 44.0 Å². The molecule has 0 radical (unpaired) electrons. The lowest BCUT2D eigenvalue weighted by molar-refractivity contribution is -0.140. The van der Waals surface area contributed by atoms with Crippen LogP contribution < -0.4 is 5.32 Å². The maximum absolute atomic E-state index is 11.7. The van der Waals surface area contributed by atoms with Gasteiger partial charge in [0.1, 0.15) is 0 Å². The third kappa shape index (κ3) is 6.04. The molecule has 0 aliphatic carbocycles. The average molecular weight is 299 g/mol. The first kappa shape index (κ1) is 16.5. The molecule has 5 nitrogen and oxygen atoms in total. The van der Waals surface area contributed by atoms with E-state index in [1.54, 1.807) is 0 Å². The van der Waals surface area contributed by atoms with E-state index in [4.69, 9.17) is 11.6 Å². The molecule has 1 aromatic rings. The predicted octanol–water partition coefficient (Wildman–Crippen LogP) is 1.45. The molecule has 0 fully saturated rings. The number of halogens is 1. The van der Waals surface area contributed by atoms with Gasteiger partial charge in [0.05, 0.1) is 20.1 Å². The molecule has 0 saturated carbocycles. The molecular weight excluding hydrogens is 280 g/mol. The molecule has 0 unspecified atom stereocenters. The predicted molar refractivity (Wildman–Crippen MR) is 77.4 cm³/mol. The number of hydrogen-bond acceptors (Lipinski definition) is 4. The molecule has 1 amide bonds. The summed E-state index contributed by atoms with van der Waals surface area (Å²) in [4.78, 5) is 24.4. The second kappa shape index (κ2) is 8.55. The van der Waals surface area contributed by atoms with Gasteiger partial charge in [0.2, 0.25) is 5.91 Å². The molecule has 110 valence electrons. The number of amides is 1. The molecule has 1 rings (SSSR count). The quantitative estimate of drug-likeness (QED) is 0.774. The Morgan fingerprint density at radius 1 is 1.35 bits per heavy atom. The fourth-order valence-corrected chi connectivity index (χ4v) is 1.88. The summed E-state index contributed by atoms with van der Waals surface area (Å²) in [5, 5.41) is 3.35. The van der Waals surface area contributed by atoms with Crippen molar-refractivity contribution in [2.45, 2.75) is 13.0 Å². The van der Waals surface area contributed by atoms with Crippen LogP contribution in [0.25, 0.3) is 0 Å². The van der Waals surface area contributed by atoms with Gasteiger partial charge >= 0.3 is 5.97 Å². The van der Waals surface area contributed by atoms with Gasteiger partial charge < -0.3 is 10.1 Å². The van der Waals surface area contributed by atoms with Crippen molar-refractivity contribution in [3.05, 3.63) is 34.9 Å². The van der Waals surface area contributed by atoms with E-state index in [0.29, 0.717) is 11.6 Å². The zero-order valence-corrected chi connectivity index (χ0v) is 12.4. The Morgan fingerprint density at radius 2 is 2.05 bits per heavy atom. The number of nitrogens with zero attached hydrogens (tertiary/aromatic N) is 1. The maximum atomic E-state index is 11.7. The van der Waals surface area contributed by atoms with Crippen LogP contribution in [0.1, 0.15) is 12.0 Å². The van der Waals surface area contributed by atoms with Crippen LogP contribution in [0.2, 0.25) is 5.02 Å². The second-order valence-electron chi connectivity index (χ2n) is 4.44. The first-order valence-corrected chi connectivity index (χ1v) is 6.66. The third-order valence-electron chi connectivity index (χ3n) is 2.69. The van der Waals surface area contributed by atoms with Crippen molar-refractivity contribution in [1.29, 1.82) is 0 Å². The number of ether oxygens (including phenoxy) is 1. The Balaban J connectivity index is 2.31. The summed E-state index contributed by atoms with van der Waals surface area (Å²) >= 11 is 6.06. The largest absolute Gasteiger partial charge is 0.469 e. The smallest absolute Gasteiger partial charge is 0.307 e. The molecule has 0 bridgehead atoms.